The van der Waals surface area contributed by atoms with Gasteiger partial charge in [-0.1, -0.05) is 256 Å². The molecule has 0 aliphatic carbocycles. The molecule has 0 aliphatic rings. The molecule has 0 saturated carbocycles. The molecule has 0 bridgehead atoms. The lowest BCUT2D eigenvalue weighted by Crippen LogP contribution is -2.21. The topological polar surface area (TPSA) is 142 Å². The lowest BCUT2D eigenvalue weighted by molar-refractivity contribution is -0.186. The minimum atomic E-state index is -3.46. The fraction of sp³-hybridized carbons (Fsp3) is 0.333. The van der Waals surface area contributed by atoms with E-state index in [4.69, 9.17) is 37.9 Å². The minimum Gasteiger partial charge on any atom is -0.458 e. The lowest BCUT2D eigenvalue weighted by atomic mass is 10.1. The van der Waals surface area contributed by atoms with Gasteiger partial charge in [0.25, 0.3) is 0 Å². The summed E-state index contributed by atoms with van der Waals surface area (Å²) in [5.74, 6) is -1.83. The second-order valence-electron chi connectivity index (χ2n) is 20.9. The number of alkyl halides is 8. The molecule has 8 aromatic carbocycles. The summed E-state index contributed by atoms with van der Waals surface area (Å²) in [4.78, 5) is 44.5. The maximum Gasteiger partial charge on any atom is 0.426 e. The number of ether oxygens (including phenoxy) is 8. The average Bonchev–Trinajstić information content (AvgIpc) is 0.846. The summed E-state index contributed by atoms with van der Waals surface area (Å²) in [6.45, 7) is 56.0. The summed E-state index contributed by atoms with van der Waals surface area (Å²) in [5, 5.41) is 0. The Bertz CT molecular complexity index is 3550. The van der Waals surface area contributed by atoms with Crippen LogP contribution >= 0.6 is 0 Å². The molecule has 0 heterocycles. The standard InChI is InChI=1S/2C19H18F2O3.2C18H16F2O3.8C2H6/c2*1-13(2)18(22)23-12-15-6-8-16(9-7-15)19(20,21)24-17-10-4-14(3)5-11-17;2*1-3-17(21)22-12-14-6-8-15(9-7-14)18(19,20)23-16-10-4-13(2)5-11-16;8*1-2/h2*4-11H,1,12H2,2-3H3;2*3-11H,1,12H2,2H3;8*1-2H3. The SMILES string of the molecule is C=C(C)C(=O)OCc1ccc(C(F)(F)Oc2ccc(C)cc2)cc1.C=C(C)C(=O)OCc1ccc(C(F)(F)Oc2ccc(C)cc2)cc1.C=CC(=O)OCc1ccc(C(F)(F)Oc2ccc(C)cc2)cc1.C=CC(=O)OCc1ccc(C(F)(F)Oc2ccc(C)cc2)cc1.CC.CC.CC.CC.CC.CC.CC.CC. The molecule has 110 heavy (non-hydrogen) atoms. The van der Waals surface area contributed by atoms with Gasteiger partial charge in [-0.25, -0.2) is 19.2 Å². The predicted molar refractivity (Wildman–Crippen MR) is 429 cm³/mol. The number of carbonyl (C=O) groups excluding carboxylic acids is 4. The third-order valence-corrected chi connectivity index (χ3v) is 12.8. The third-order valence-electron chi connectivity index (χ3n) is 12.8. The molecule has 0 radical (unpaired) electrons. The predicted octanol–water partition coefficient (Wildman–Crippen LogP) is 26.4. The molecule has 0 atom stereocenters. The fourth-order valence-electron chi connectivity index (χ4n) is 7.40. The van der Waals surface area contributed by atoms with Crippen LogP contribution in [0.2, 0.25) is 0 Å². The highest BCUT2D eigenvalue weighted by Gasteiger charge is 2.37. The van der Waals surface area contributed by atoms with Gasteiger partial charge in [-0.2, -0.15) is 35.1 Å². The van der Waals surface area contributed by atoms with Gasteiger partial charge in [0.15, 0.2) is 0 Å². The van der Waals surface area contributed by atoms with Gasteiger partial charge in [-0.3, -0.25) is 0 Å². The first-order chi connectivity index (χ1) is 52.4. The number of halogens is 8. The summed E-state index contributed by atoms with van der Waals surface area (Å²) < 4.78 is 152. The first kappa shape index (κ1) is 106. The molecule has 0 saturated heterocycles. The second-order valence-corrected chi connectivity index (χ2v) is 20.9. The average molecular weight is 1540 g/mol. The van der Waals surface area contributed by atoms with Gasteiger partial charge in [0, 0.05) is 23.3 Å². The lowest BCUT2D eigenvalue weighted by Gasteiger charge is -2.18. The van der Waals surface area contributed by atoms with Gasteiger partial charge in [0.2, 0.25) is 0 Å². The minimum absolute atomic E-state index is 0.00361. The molecule has 8 rings (SSSR count). The molecule has 12 nitrogen and oxygen atoms in total. The van der Waals surface area contributed by atoms with Crippen molar-refractivity contribution in [3.8, 4) is 23.0 Å². The van der Waals surface area contributed by atoms with Crippen LogP contribution in [0.25, 0.3) is 0 Å². The van der Waals surface area contributed by atoms with Crippen molar-refractivity contribution in [1.29, 1.82) is 0 Å². The fourth-order valence-corrected chi connectivity index (χ4v) is 7.40. The Morgan fingerprint density at radius 2 is 0.436 bits per heavy atom. The first-order valence-electron chi connectivity index (χ1n) is 36.5. The largest absolute Gasteiger partial charge is 0.458 e. The van der Waals surface area contributed by atoms with Crippen LogP contribution in [0.3, 0.4) is 0 Å². The van der Waals surface area contributed by atoms with Crippen molar-refractivity contribution in [3.63, 3.8) is 0 Å². The van der Waals surface area contributed by atoms with Gasteiger partial charge in [0.1, 0.15) is 49.4 Å². The van der Waals surface area contributed by atoms with Crippen molar-refractivity contribution in [3.05, 3.63) is 310 Å². The molecule has 0 aliphatic heterocycles. The number of esters is 4. The molecule has 0 N–H and O–H groups in total. The van der Waals surface area contributed by atoms with Crippen molar-refractivity contribution in [2.45, 2.75) is 203 Å². The number of aryl methyl sites for hydroxylation is 4. The van der Waals surface area contributed by atoms with Crippen LogP contribution in [-0.4, -0.2) is 23.9 Å². The summed E-state index contributed by atoms with van der Waals surface area (Å²) in [5.41, 5.74) is 5.65. The van der Waals surface area contributed by atoms with Crippen molar-refractivity contribution >= 4 is 23.9 Å². The molecule has 0 amide bonds. The zero-order chi connectivity index (χ0) is 85.2. The highest BCUT2D eigenvalue weighted by atomic mass is 19.3. The van der Waals surface area contributed by atoms with Gasteiger partial charge in [-0.05, 0) is 161 Å². The Hall–Kier alpha value is -10.8. The monoisotopic (exact) mass is 1540 g/mol. The van der Waals surface area contributed by atoms with E-state index in [0.29, 0.717) is 22.3 Å². The first-order valence-corrected chi connectivity index (χ1v) is 36.5. The van der Waals surface area contributed by atoms with Crippen LogP contribution in [-0.2, 0) is 89.0 Å². The third kappa shape index (κ3) is 42.7. The van der Waals surface area contributed by atoms with E-state index in [1.165, 1.54) is 159 Å². The maximum absolute atomic E-state index is 14.2. The number of hydrogen-bond acceptors (Lipinski definition) is 12. The van der Waals surface area contributed by atoms with E-state index in [1.807, 2.05) is 138 Å². The van der Waals surface area contributed by atoms with Gasteiger partial charge in [0.05, 0.1) is 22.3 Å². The zero-order valence-corrected chi connectivity index (χ0v) is 68.2. The second kappa shape index (κ2) is 59.2. The highest BCUT2D eigenvalue weighted by Crippen LogP contribution is 2.36. The van der Waals surface area contributed by atoms with Crippen LogP contribution in [0, 0.1) is 27.7 Å². The van der Waals surface area contributed by atoms with Crippen molar-refractivity contribution in [2.24, 2.45) is 0 Å². The molecule has 20 heteroatoms. The normalized spacial score (nSPS) is 9.80. The Morgan fingerprint density at radius 1 is 0.282 bits per heavy atom. The molecule has 0 spiro atoms. The van der Waals surface area contributed by atoms with Crippen LogP contribution < -0.4 is 18.9 Å². The zero-order valence-electron chi connectivity index (χ0n) is 68.2. The Kier molecular flexibility index (Phi) is 56.8. The van der Waals surface area contributed by atoms with E-state index < -0.39 is 48.3 Å². The maximum atomic E-state index is 14.2. The van der Waals surface area contributed by atoms with Gasteiger partial charge < -0.3 is 37.9 Å². The van der Waals surface area contributed by atoms with E-state index in [0.717, 1.165) is 34.4 Å². The molecule has 0 aromatic heterocycles. The van der Waals surface area contributed by atoms with Gasteiger partial charge in [-0.15, -0.1) is 0 Å². The van der Waals surface area contributed by atoms with E-state index >= 15 is 0 Å². The van der Waals surface area contributed by atoms with Gasteiger partial charge >= 0.3 is 48.3 Å². The Labute approximate surface area is 649 Å². The van der Waals surface area contributed by atoms with Crippen LogP contribution in [0.1, 0.15) is 191 Å². The summed E-state index contributed by atoms with van der Waals surface area (Å²) in [6, 6.07) is 47.2. The van der Waals surface area contributed by atoms with Crippen LogP contribution in [0.15, 0.2) is 244 Å². The molecule has 0 fully saturated rings. The Balaban J connectivity index is -0.000000640. The molecular formula is C90H116F8O12. The summed E-state index contributed by atoms with van der Waals surface area (Å²) in [7, 11) is 0. The number of hydrogen-bond donors (Lipinski definition) is 0. The van der Waals surface area contributed by atoms with Crippen LogP contribution in [0.5, 0.6) is 23.0 Å². The smallest absolute Gasteiger partial charge is 0.426 e. The number of benzene rings is 8. The number of carbonyl (C=O) groups is 4. The molecular weight excluding hydrogens is 1420 g/mol. The van der Waals surface area contributed by atoms with E-state index in [2.05, 4.69) is 26.3 Å². The van der Waals surface area contributed by atoms with Crippen molar-refractivity contribution < 1.29 is 92.2 Å². The molecule has 8 aromatic rings. The van der Waals surface area contributed by atoms with E-state index in [1.54, 1.807) is 48.5 Å². The summed E-state index contributed by atoms with van der Waals surface area (Å²) in [6.07, 6.45) is -11.7. The highest BCUT2D eigenvalue weighted by molar-refractivity contribution is 5.87. The van der Waals surface area contributed by atoms with E-state index in [-0.39, 0.29) is 82.8 Å². The number of rotatable bonds is 24. The molecule has 604 valence electrons. The molecule has 0 unspecified atom stereocenters. The van der Waals surface area contributed by atoms with E-state index in [9.17, 15) is 54.3 Å². The van der Waals surface area contributed by atoms with Crippen molar-refractivity contribution in [1.82, 2.24) is 0 Å². The summed E-state index contributed by atoms with van der Waals surface area (Å²) >= 11 is 0. The van der Waals surface area contributed by atoms with Crippen LogP contribution in [0.4, 0.5) is 35.1 Å². The quantitative estimate of drug-likeness (QED) is 0.0246. The van der Waals surface area contributed by atoms with Crippen molar-refractivity contribution in [2.75, 3.05) is 0 Å². The Morgan fingerprint density at radius 3 is 0.582 bits per heavy atom.